The van der Waals surface area contributed by atoms with Crippen LogP contribution in [0.3, 0.4) is 0 Å². The van der Waals surface area contributed by atoms with Gasteiger partial charge in [0.15, 0.2) is 5.79 Å². The molecule has 2 atom stereocenters. The molecule has 4 N–H and O–H groups in total. The van der Waals surface area contributed by atoms with Gasteiger partial charge in [0.25, 0.3) is 0 Å². The molecule has 0 aliphatic heterocycles. The van der Waals surface area contributed by atoms with Crippen molar-refractivity contribution in [3.8, 4) is 0 Å². The zero-order valence-corrected chi connectivity index (χ0v) is 18.3. The van der Waals surface area contributed by atoms with Gasteiger partial charge >= 0.3 is 0 Å². The molecule has 5 rings (SSSR count). The molecule has 3 aromatic heterocycles. The number of rotatable bonds is 4. The molecule has 0 amide bonds. The maximum Gasteiger partial charge on any atom is 0.156 e. The normalized spacial score (nSPS) is 18.6. The molecule has 32 heavy (non-hydrogen) atoms. The molecule has 1 aliphatic rings. The van der Waals surface area contributed by atoms with Gasteiger partial charge in [0, 0.05) is 23.8 Å². The third-order valence-electron chi connectivity index (χ3n) is 5.44. The summed E-state index contributed by atoms with van der Waals surface area (Å²) in [7, 11) is 0. The molecular weight excluding hydrogens is 406 g/mol. The van der Waals surface area contributed by atoms with E-state index in [9.17, 15) is 0 Å². The van der Waals surface area contributed by atoms with Crippen molar-refractivity contribution >= 4 is 27.8 Å². The number of nitrogens with zero attached hydrogens (tertiary/aromatic N) is 4. The minimum atomic E-state index is -1.50. The van der Waals surface area contributed by atoms with Crippen molar-refractivity contribution in [2.24, 2.45) is 0 Å². The first-order valence-corrected chi connectivity index (χ1v) is 10.7. The van der Waals surface area contributed by atoms with Crippen LogP contribution in [0.5, 0.6) is 0 Å². The smallest absolute Gasteiger partial charge is 0.156 e. The van der Waals surface area contributed by atoms with E-state index in [1.807, 2.05) is 18.3 Å². The van der Waals surface area contributed by atoms with E-state index in [2.05, 4.69) is 50.0 Å². The van der Waals surface area contributed by atoms with E-state index in [0.717, 1.165) is 41.2 Å². The van der Waals surface area contributed by atoms with E-state index < -0.39 is 5.79 Å². The molecule has 0 unspecified atom stereocenters. The molecule has 0 radical (unpaired) electrons. The topological polar surface area (TPSA) is 119 Å². The lowest BCUT2D eigenvalue weighted by atomic mass is 10.1. The van der Waals surface area contributed by atoms with Crippen LogP contribution in [0.15, 0.2) is 55.1 Å². The third kappa shape index (κ3) is 5.40. The van der Waals surface area contributed by atoms with Crippen LogP contribution in [0.4, 0.5) is 5.82 Å². The number of anilines is 1. The average Bonchev–Trinajstić information content (AvgIpc) is 3.38. The molecule has 1 saturated carbocycles. The Morgan fingerprint density at radius 1 is 1.12 bits per heavy atom. The van der Waals surface area contributed by atoms with Crippen molar-refractivity contribution in [1.29, 1.82) is 0 Å². The second-order valence-electron chi connectivity index (χ2n) is 8.64. The fourth-order valence-corrected chi connectivity index (χ4v) is 4.04. The predicted molar refractivity (Wildman–Crippen MR) is 124 cm³/mol. The SMILES string of the molecule is CC(C)(O)O.Nc1ncnc2c1ccn2[C@H]1CC[C@@H](OCc2ccc3ncccc3c2)C1. The average molecular weight is 436 g/mol. The third-order valence-corrected chi connectivity index (χ3v) is 5.44. The van der Waals surface area contributed by atoms with Crippen LogP contribution < -0.4 is 5.73 Å². The lowest BCUT2D eigenvalue weighted by molar-refractivity contribution is -0.127. The summed E-state index contributed by atoms with van der Waals surface area (Å²) in [6, 6.07) is 12.8. The highest BCUT2D eigenvalue weighted by Crippen LogP contribution is 2.35. The van der Waals surface area contributed by atoms with Crippen molar-refractivity contribution in [3.05, 3.63) is 60.7 Å². The Morgan fingerprint density at radius 2 is 1.94 bits per heavy atom. The maximum atomic E-state index is 8.08. The summed E-state index contributed by atoms with van der Waals surface area (Å²) in [6.45, 7) is 3.23. The van der Waals surface area contributed by atoms with Gasteiger partial charge in [-0.2, -0.15) is 0 Å². The van der Waals surface area contributed by atoms with E-state index >= 15 is 0 Å². The van der Waals surface area contributed by atoms with E-state index in [4.69, 9.17) is 20.7 Å². The summed E-state index contributed by atoms with van der Waals surface area (Å²) in [5.41, 5.74) is 9.07. The van der Waals surface area contributed by atoms with Gasteiger partial charge in [-0.15, -0.1) is 0 Å². The van der Waals surface area contributed by atoms with Crippen LogP contribution in [0, 0.1) is 0 Å². The Balaban J connectivity index is 0.000000444. The molecule has 3 heterocycles. The number of hydrogen-bond donors (Lipinski definition) is 3. The second kappa shape index (κ2) is 9.20. The van der Waals surface area contributed by atoms with Crippen LogP contribution in [0.2, 0.25) is 0 Å². The van der Waals surface area contributed by atoms with Gasteiger partial charge in [-0.3, -0.25) is 4.98 Å². The Hall–Kier alpha value is -3.07. The first-order chi connectivity index (χ1) is 15.3. The van der Waals surface area contributed by atoms with E-state index in [1.54, 1.807) is 0 Å². The van der Waals surface area contributed by atoms with Crippen molar-refractivity contribution in [3.63, 3.8) is 0 Å². The summed E-state index contributed by atoms with van der Waals surface area (Å²) in [4.78, 5) is 12.9. The summed E-state index contributed by atoms with van der Waals surface area (Å²) < 4.78 is 8.43. The number of aliphatic hydroxyl groups is 2. The number of fused-ring (bicyclic) bond motifs is 2. The molecular formula is C24H29N5O3. The summed E-state index contributed by atoms with van der Waals surface area (Å²) in [5.74, 6) is -0.963. The van der Waals surface area contributed by atoms with Crippen molar-refractivity contribution in [2.75, 3.05) is 5.73 Å². The zero-order valence-electron chi connectivity index (χ0n) is 18.3. The van der Waals surface area contributed by atoms with E-state index in [-0.39, 0.29) is 6.10 Å². The Morgan fingerprint density at radius 3 is 2.75 bits per heavy atom. The fourth-order valence-electron chi connectivity index (χ4n) is 4.04. The van der Waals surface area contributed by atoms with Gasteiger partial charge < -0.3 is 25.3 Å². The number of nitrogens with two attached hydrogens (primary N) is 1. The van der Waals surface area contributed by atoms with E-state index in [1.165, 1.54) is 25.7 Å². The summed E-state index contributed by atoms with van der Waals surface area (Å²) in [6.07, 6.45) is 8.81. The first-order valence-electron chi connectivity index (χ1n) is 10.7. The number of ether oxygens (including phenoxy) is 1. The molecule has 0 spiro atoms. The van der Waals surface area contributed by atoms with Gasteiger partial charge in [-0.25, -0.2) is 9.97 Å². The lowest BCUT2D eigenvalue weighted by Gasteiger charge is -2.15. The molecule has 1 fully saturated rings. The minimum Gasteiger partial charge on any atom is -0.383 e. The second-order valence-corrected chi connectivity index (χ2v) is 8.64. The number of pyridine rings is 1. The lowest BCUT2D eigenvalue weighted by Crippen LogP contribution is -2.15. The van der Waals surface area contributed by atoms with Gasteiger partial charge in [0.1, 0.15) is 17.8 Å². The number of hydrogen-bond acceptors (Lipinski definition) is 7. The van der Waals surface area contributed by atoms with Crippen LogP contribution in [-0.4, -0.2) is 41.6 Å². The maximum absolute atomic E-state index is 8.08. The standard InChI is InChI=1S/C21H21N5O.C3H8O2/c22-20-18-7-9-26(21(18)25-13-24-20)16-4-5-17(11-16)27-12-14-3-6-19-15(10-14)2-1-8-23-19;1-3(2,4)5/h1-3,6-10,13,16-17H,4-5,11-12H2,(H2,22,24,25);4-5H,1-2H3/t16-,17+;/m0./s1. The quantitative estimate of drug-likeness (QED) is 0.419. The monoisotopic (exact) mass is 435 g/mol. The van der Waals surface area contributed by atoms with Gasteiger partial charge in [0.2, 0.25) is 0 Å². The molecule has 168 valence electrons. The molecule has 1 aliphatic carbocycles. The molecule has 0 saturated heterocycles. The van der Waals surface area contributed by atoms with Gasteiger partial charge in [-0.1, -0.05) is 12.1 Å². The Kier molecular flexibility index (Phi) is 6.36. The van der Waals surface area contributed by atoms with Crippen molar-refractivity contribution in [1.82, 2.24) is 19.5 Å². The Bertz CT molecular complexity index is 1200. The highest BCUT2D eigenvalue weighted by Gasteiger charge is 2.27. The fraction of sp³-hybridized carbons (Fsp3) is 0.375. The van der Waals surface area contributed by atoms with Gasteiger partial charge in [-0.05, 0) is 62.9 Å². The van der Waals surface area contributed by atoms with Crippen molar-refractivity contribution in [2.45, 2.75) is 57.6 Å². The van der Waals surface area contributed by atoms with Crippen LogP contribution in [0.25, 0.3) is 21.9 Å². The molecule has 1 aromatic carbocycles. The summed E-state index contributed by atoms with van der Waals surface area (Å²) >= 11 is 0. The zero-order chi connectivity index (χ0) is 22.7. The van der Waals surface area contributed by atoms with Gasteiger partial charge in [0.05, 0.1) is 23.6 Å². The molecule has 0 bridgehead atoms. The van der Waals surface area contributed by atoms with Crippen molar-refractivity contribution < 1.29 is 14.9 Å². The van der Waals surface area contributed by atoms with Crippen LogP contribution in [0.1, 0.15) is 44.7 Å². The molecule has 8 heteroatoms. The molecule has 8 nitrogen and oxygen atoms in total. The van der Waals surface area contributed by atoms with E-state index in [0.29, 0.717) is 18.5 Å². The highest BCUT2D eigenvalue weighted by molar-refractivity contribution is 5.86. The number of nitrogen functional groups attached to an aromatic ring is 1. The first kappa shape index (κ1) is 22.1. The predicted octanol–water partition coefficient (Wildman–Crippen LogP) is 3.58. The number of benzene rings is 1. The highest BCUT2D eigenvalue weighted by atomic mass is 16.5. The summed E-state index contributed by atoms with van der Waals surface area (Å²) in [5, 5.41) is 18.2. The largest absolute Gasteiger partial charge is 0.383 e. The van der Waals surface area contributed by atoms with Crippen LogP contribution >= 0.6 is 0 Å². The van der Waals surface area contributed by atoms with Crippen LogP contribution in [-0.2, 0) is 11.3 Å². The Labute approximate surface area is 186 Å². The molecule has 4 aromatic rings. The minimum absolute atomic E-state index is 0.260. The number of aromatic nitrogens is 4.